The summed E-state index contributed by atoms with van der Waals surface area (Å²) < 4.78 is 24.8. The number of ether oxygens (including phenoxy) is 2. The fraction of sp³-hybridized carbons (Fsp3) is 0.591. The first-order chi connectivity index (χ1) is 15.4. The summed E-state index contributed by atoms with van der Waals surface area (Å²) in [5.74, 6) is -0.698. The molecule has 174 valence electrons. The van der Waals surface area contributed by atoms with Crippen LogP contribution in [0.25, 0.3) is 0 Å². The van der Waals surface area contributed by atoms with E-state index in [1.165, 1.54) is 11.0 Å². The zero-order valence-electron chi connectivity index (χ0n) is 18.0. The first-order valence-electron chi connectivity index (χ1n) is 10.9. The average molecular weight is 468 g/mol. The van der Waals surface area contributed by atoms with Crippen LogP contribution >= 0.6 is 11.6 Å². The first-order valence-corrected chi connectivity index (χ1v) is 11.3. The number of carbonyl (C=O) groups excluding carboxylic acids is 3. The molecule has 3 aliphatic rings. The number of anilines is 1. The van der Waals surface area contributed by atoms with Gasteiger partial charge in [0.15, 0.2) is 5.54 Å². The number of benzene rings is 1. The molecule has 32 heavy (non-hydrogen) atoms. The van der Waals surface area contributed by atoms with Crippen LogP contribution in [0.4, 0.5) is 14.9 Å². The number of urea groups is 1. The van der Waals surface area contributed by atoms with Gasteiger partial charge < -0.3 is 14.4 Å². The van der Waals surface area contributed by atoms with Gasteiger partial charge in [0.25, 0.3) is 12.4 Å². The van der Waals surface area contributed by atoms with Gasteiger partial charge >= 0.3 is 6.03 Å². The number of halogens is 2. The Labute approximate surface area is 191 Å². The molecule has 0 bridgehead atoms. The minimum atomic E-state index is -1.34. The summed E-state index contributed by atoms with van der Waals surface area (Å²) in [5, 5.41) is 0.0802. The van der Waals surface area contributed by atoms with Crippen molar-refractivity contribution in [2.75, 3.05) is 44.3 Å². The number of nitrogens with zero attached hydrogens (tertiary/aromatic N) is 3. The molecule has 3 fully saturated rings. The van der Waals surface area contributed by atoms with Gasteiger partial charge in [-0.25, -0.2) is 14.1 Å². The van der Waals surface area contributed by atoms with Crippen LogP contribution in [0.3, 0.4) is 0 Å². The van der Waals surface area contributed by atoms with E-state index in [1.54, 1.807) is 6.92 Å². The molecule has 2 unspecified atom stereocenters. The summed E-state index contributed by atoms with van der Waals surface area (Å²) in [7, 11) is 0. The summed E-state index contributed by atoms with van der Waals surface area (Å²) in [5.41, 5.74) is -1.27. The van der Waals surface area contributed by atoms with Crippen molar-refractivity contribution in [1.29, 1.82) is 0 Å². The molecular formula is C22H27ClFN3O5. The highest BCUT2D eigenvalue weighted by Gasteiger charge is 2.63. The summed E-state index contributed by atoms with van der Waals surface area (Å²) in [6.07, 6.45) is 1.41. The molecule has 0 aliphatic carbocycles. The number of amides is 3. The van der Waals surface area contributed by atoms with Gasteiger partial charge in [-0.1, -0.05) is 11.6 Å². The third-order valence-corrected chi connectivity index (χ3v) is 6.96. The fourth-order valence-corrected chi connectivity index (χ4v) is 5.42. The van der Waals surface area contributed by atoms with Crippen LogP contribution in [0.2, 0.25) is 5.02 Å². The molecule has 0 N–H and O–H groups in total. The Kier molecular flexibility index (Phi) is 6.69. The van der Waals surface area contributed by atoms with E-state index in [0.29, 0.717) is 31.9 Å². The van der Waals surface area contributed by atoms with Gasteiger partial charge in [-0.2, -0.15) is 0 Å². The number of hydrogen-bond acceptors (Lipinski definition) is 6. The van der Waals surface area contributed by atoms with Crippen molar-refractivity contribution in [3.63, 3.8) is 0 Å². The smallest absolute Gasteiger partial charge is 0.332 e. The van der Waals surface area contributed by atoms with Crippen molar-refractivity contribution >= 4 is 35.7 Å². The Morgan fingerprint density at radius 1 is 1.28 bits per heavy atom. The molecule has 0 saturated carbocycles. The van der Waals surface area contributed by atoms with Crippen LogP contribution in [0, 0.1) is 11.7 Å². The second-order valence-corrected chi connectivity index (χ2v) is 8.94. The average Bonchev–Trinajstić information content (AvgIpc) is 2.97. The van der Waals surface area contributed by atoms with Crippen LogP contribution in [-0.2, 0) is 19.1 Å². The first kappa shape index (κ1) is 22.9. The molecule has 8 nitrogen and oxygen atoms in total. The van der Waals surface area contributed by atoms with Gasteiger partial charge in [0.2, 0.25) is 0 Å². The predicted molar refractivity (Wildman–Crippen MR) is 115 cm³/mol. The van der Waals surface area contributed by atoms with E-state index in [-0.39, 0.29) is 17.3 Å². The Hall–Kier alpha value is -2.23. The van der Waals surface area contributed by atoms with E-state index in [0.717, 1.165) is 49.6 Å². The molecule has 3 saturated heterocycles. The minimum absolute atomic E-state index is 0.0646. The largest absolute Gasteiger partial charge is 0.460 e. The van der Waals surface area contributed by atoms with E-state index < -0.39 is 29.4 Å². The highest BCUT2D eigenvalue weighted by molar-refractivity contribution is 6.31. The summed E-state index contributed by atoms with van der Waals surface area (Å²) >= 11 is 5.97. The molecule has 10 heteroatoms. The third kappa shape index (κ3) is 3.97. The molecule has 0 aromatic heterocycles. The Balaban J connectivity index is 1.63. The van der Waals surface area contributed by atoms with Gasteiger partial charge in [0, 0.05) is 44.4 Å². The normalized spacial score (nSPS) is 27.4. The lowest BCUT2D eigenvalue weighted by atomic mass is 9.82. The lowest BCUT2D eigenvalue weighted by Crippen LogP contribution is -2.66. The maximum absolute atomic E-state index is 14.0. The van der Waals surface area contributed by atoms with Crippen LogP contribution in [-0.4, -0.2) is 79.2 Å². The molecule has 1 spiro atoms. The number of hydrogen-bond donors (Lipinski definition) is 0. The maximum Gasteiger partial charge on any atom is 0.332 e. The highest BCUT2D eigenvalue weighted by Crippen LogP contribution is 2.41. The van der Waals surface area contributed by atoms with Crippen molar-refractivity contribution < 1.29 is 28.2 Å². The minimum Gasteiger partial charge on any atom is -0.460 e. The summed E-state index contributed by atoms with van der Waals surface area (Å²) in [6, 6.07) is 3.01. The number of piperidine rings is 1. The van der Waals surface area contributed by atoms with E-state index >= 15 is 0 Å². The van der Waals surface area contributed by atoms with Gasteiger partial charge in [-0.15, -0.1) is 0 Å². The maximum atomic E-state index is 14.0. The standard InChI is InChI=1S/C22H27ClFN3O5/c1-2-26-21(30)27(18-10-16(23)9-17(24)11-18)20(29)22(26)5-6-25(13-19(22)32-14-28)12-15-3-7-31-8-4-15/h9-11,14-15,19H,2-8,12-13H2,1H3. The molecule has 1 aromatic rings. The number of rotatable bonds is 6. The van der Waals surface area contributed by atoms with E-state index in [4.69, 9.17) is 21.1 Å². The Morgan fingerprint density at radius 3 is 2.69 bits per heavy atom. The lowest BCUT2D eigenvalue weighted by molar-refractivity contribution is -0.154. The van der Waals surface area contributed by atoms with Gasteiger partial charge in [-0.05, 0) is 50.3 Å². The van der Waals surface area contributed by atoms with Crippen LogP contribution in [0.15, 0.2) is 18.2 Å². The second kappa shape index (κ2) is 9.33. The van der Waals surface area contributed by atoms with Gasteiger partial charge in [-0.3, -0.25) is 14.5 Å². The van der Waals surface area contributed by atoms with Crippen molar-refractivity contribution in [3.8, 4) is 0 Å². The number of imide groups is 1. The number of likely N-dealkylation sites (tertiary alicyclic amines) is 1. The van der Waals surface area contributed by atoms with Crippen LogP contribution in [0.1, 0.15) is 26.2 Å². The molecule has 3 heterocycles. The third-order valence-electron chi connectivity index (χ3n) is 6.74. The lowest BCUT2D eigenvalue weighted by Gasteiger charge is -2.47. The van der Waals surface area contributed by atoms with Crippen molar-refractivity contribution in [2.45, 2.75) is 37.8 Å². The van der Waals surface area contributed by atoms with Crippen LogP contribution < -0.4 is 4.90 Å². The summed E-state index contributed by atoms with van der Waals surface area (Å²) in [6.45, 7) is 5.53. The van der Waals surface area contributed by atoms with E-state index in [9.17, 15) is 18.8 Å². The molecule has 1 aromatic carbocycles. The van der Waals surface area contributed by atoms with Crippen molar-refractivity contribution in [2.24, 2.45) is 5.92 Å². The van der Waals surface area contributed by atoms with Gasteiger partial charge in [0.1, 0.15) is 11.9 Å². The zero-order chi connectivity index (χ0) is 22.9. The molecular weight excluding hydrogens is 441 g/mol. The topological polar surface area (TPSA) is 79.4 Å². The summed E-state index contributed by atoms with van der Waals surface area (Å²) in [4.78, 5) is 43.0. The second-order valence-electron chi connectivity index (χ2n) is 8.51. The molecule has 4 rings (SSSR count). The van der Waals surface area contributed by atoms with Gasteiger partial charge in [0.05, 0.1) is 5.69 Å². The Bertz CT molecular complexity index is 876. The molecule has 2 atom stereocenters. The van der Waals surface area contributed by atoms with E-state index in [2.05, 4.69) is 4.90 Å². The van der Waals surface area contributed by atoms with E-state index in [1.807, 2.05) is 0 Å². The Morgan fingerprint density at radius 2 is 2.03 bits per heavy atom. The SMILES string of the molecule is CCN1C(=O)N(c2cc(F)cc(Cl)c2)C(=O)C12CCN(CC1CCOCC1)CC2OC=O. The molecule has 3 aliphatic heterocycles. The molecule has 0 radical (unpaired) electrons. The van der Waals surface area contributed by atoms with Crippen LogP contribution in [0.5, 0.6) is 0 Å². The fourth-order valence-electron chi connectivity index (χ4n) is 5.20. The predicted octanol–water partition coefficient (Wildman–Crippen LogP) is 2.68. The van der Waals surface area contributed by atoms with Crippen molar-refractivity contribution in [3.05, 3.63) is 29.0 Å². The molecule has 3 amide bonds. The highest BCUT2D eigenvalue weighted by atomic mass is 35.5. The van der Waals surface area contributed by atoms with Crippen molar-refractivity contribution in [1.82, 2.24) is 9.80 Å². The zero-order valence-corrected chi connectivity index (χ0v) is 18.7. The number of carbonyl (C=O) groups is 3. The number of likely N-dealkylation sites (N-methyl/N-ethyl adjacent to an activating group) is 1. The monoisotopic (exact) mass is 467 g/mol. The quantitative estimate of drug-likeness (QED) is 0.473.